The molecule has 0 aromatic heterocycles. The van der Waals surface area contributed by atoms with Gasteiger partial charge in [0.25, 0.3) is 11.6 Å². The van der Waals surface area contributed by atoms with Crippen LogP contribution in [0.25, 0.3) is 0 Å². The van der Waals surface area contributed by atoms with Crippen LogP contribution >= 0.6 is 0 Å². The van der Waals surface area contributed by atoms with Gasteiger partial charge in [-0.05, 0) is 18.2 Å². The van der Waals surface area contributed by atoms with E-state index in [9.17, 15) is 37.3 Å². The van der Waals surface area contributed by atoms with Gasteiger partial charge in [0.15, 0.2) is 6.61 Å². The van der Waals surface area contributed by atoms with Crippen LogP contribution in [0.2, 0.25) is 0 Å². The number of esters is 1. The molecular weight excluding hydrogens is 376 g/mol. The van der Waals surface area contributed by atoms with Crippen molar-refractivity contribution in [2.75, 3.05) is 11.9 Å². The lowest BCUT2D eigenvalue weighted by atomic mass is 10.1. The van der Waals surface area contributed by atoms with E-state index >= 15 is 0 Å². The molecule has 2 rings (SSSR count). The zero-order chi connectivity index (χ0) is 20.2. The van der Waals surface area contributed by atoms with Crippen LogP contribution in [0.15, 0.2) is 42.5 Å². The average molecular weight is 386 g/mol. The molecule has 0 spiro atoms. The first-order valence-corrected chi connectivity index (χ1v) is 7.16. The maximum Gasteiger partial charge on any atom is 0.417 e. The minimum absolute atomic E-state index is 0.497. The number of benzene rings is 2. The Morgan fingerprint density at radius 2 is 1.81 bits per heavy atom. The summed E-state index contributed by atoms with van der Waals surface area (Å²) >= 11 is 0. The van der Waals surface area contributed by atoms with Crippen LogP contribution in [0.5, 0.6) is 0 Å². The summed E-state index contributed by atoms with van der Waals surface area (Å²) in [6, 6.07) is 6.19. The normalized spacial score (nSPS) is 11.0. The van der Waals surface area contributed by atoms with E-state index < -0.39 is 57.9 Å². The van der Waals surface area contributed by atoms with E-state index in [-0.39, 0.29) is 0 Å². The van der Waals surface area contributed by atoms with Crippen molar-refractivity contribution in [3.05, 3.63) is 69.5 Å². The molecule has 7 nitrogen and oxygen atoms in total. The summed E-state index contributed by atoms with van der Waals surface area (Å²) in [6.07, 6.45) is -4.80. The largest absolute Gasteiger partial charge is 0.452 e. The Morgan fingerprint density at radius 3 is 2.44 bits per heavy atom. The Bertz CT molecular complexity index is 899. The molecule has 2 aromatic rings. The number of ether oxygens (including phenoxy) is 1. The lowest BCUT2D eigenvalue weighted by Gasteiger charge is -2.12. The number of carbonyl (C=O) groups is 2. The number of nitrogens with one attached hydrogen (secondary N) is 1. The second-order valence-corrected chi connectivity index (χ2v) is 5.09. The highest BCUT2D eigenvalue weighted by Crippen LogP contribution is 2.32. The number of rotatable bonds is 5. The van der Waals surface area contributed by atoms with Gasteiger partial charge in [-0.2, -0.15) is 13.2 Å². The molecule has 0 aliphatic heterocycles. The van der Waals surface area contributed by atoms with Crippen LogP contribution in [-0.4, -0.2) is 23.4 Å². The molecular formula is C16H10F4N2O5. The maximum atomic E-state index is 13.6. The van der Waals surface area contributed by atoms with Crippen molar-refractivity contribution in [3.63, 3.8) is 0 Å². The molecule has 0 fully saturated rings. The number of anilines is 1. The van der Waals surface area contributed by atoms with Gasteiger partial charge in [-0.3, -0.25) is 14.9 Å². The molecule has 0 atom stereocenters. The van der Waals surface area contributed by atoms with E-state index in [0.717, 1.165) is 30.3 Å². The highest BCUT2D eigenvalue weighted by atomic mass is 19.4. The smallest absolute Gasteiger partial charge is 0.417 e. The summed E-state index contributed by atoms with van der Waals surface area (Å²) in [6.45, 7) is -1.02. The summed E-state index contributed by atoms with van der Waals surface area (Å²) in [5.41, 5.74) is -3.07. The highest BCUT2D eigenvalue weighted by Gasteiger charge is 2.35. The van der Waals surface area contributed by atoms with E-state index in [1.54, 1.807) is 0 Å². The first-order valence-electron chi connectivity index (χ1n) is 7.16. The standard InChI is InChI=1S/C16H10F4N2O5/c17-12-6-5-9(22(25)26)7-13(12)21-14(23)8-27-15(24)10-3-1-2-4-11(10)16(18,19)20/h1-7H,8H2,(H,21,23). The van der Waals surface area contributed by atoms with E-state index in [4.69, 9.17) is 0 Å². The highest BCUT2D eigenvalue weighted by molar-refractivity contribution is 5.96. The second-order valence-electron chi connectivity index (χ2n) is 5.09. The van der Waals surface area contributed by atoms with Crippen molar-refractivity contribution in [2.45, 2.75) is 6.18 Å². The summed E-state index contributed by atoms with van der Waals surface area (Å²) < 4.78 is 56.7. The Balaban J connectivity index is 2.06. The molecule has 0 heterocycles. The molecule has 1 amide bonds. The van der Waals surface area contributed by atoms with Crippen LogP contribution in [0.3, 0.4) is 0 Å². The Labute approximate surface area is 148 Å². The van der Waals surface area contributed by atoms with Gasteiger partial charge in [-0.1, -0.05) is 12.1 Å². The van der Waals surface area contributed by atoms with Crippen LogP contribution in [-0.2, 0) is 15.7 Å². The minimum Gasteiger partial charge on any atom is -0.452 e. The van der Waals surface area contributed by atoms with Crippen molar-refractivity contribution in [1.82, 2.24) is 0 Å². The third-order valence-electron chi connectivity index (χ3n) is 3.22. The molecule has 0 aliphatic rings. The number of non-ortho nitro benzene ring substituents is 1. The van der Waals surface area contributed by atoms with Gasteiger partial charge in [-0.15, -0.1) is 0 Å². The van der Waals surface area contributed by atoms with Gasteiger partial charge in [0, 0.05) is 12.1 Å². The number of carbonyl (C=O) groups excluding carboxylic acids is 2. The Hall–Kier alpha value is -3.50. The third kappa shape index (κ3) is 5.00. The number of hydrogen-bond donors (Lipinski definition) is 1. The van der Waals surface area contributed by atoms with Crippen LogP contribution in [0.4, 0.5) is 28.9 Å². The first kappa shape index (κ1) is 19.8. The van der Waals surface area contributed by atoms with Crippen LogP contribution in [0.1, 0.15) is 15.9 Å². The Morgan fingerprint density at radius 1 is 1.15 bits per heavy atom. The Kier molecular flexibility index (Phi) is 5.73. The second kappa shape index (κ2) is 7.81. The molecule has 0 aliphatic carbocycles. The zero-order valence-electron chi connectivity index (χ0n) is 13.2. The molecule has 0 saturated carbocycles. The van der Waals surface area contributed by atoms with E-state index in [0.29, 0.717) is 6.07 Å². The number of nitro benzene ring substituents is 1. The predicted octanol–water partition coefficient (Wildman–Crippen LogP) is 3.55. The van der Waals surface area contributed by atoms with Crippen LogP contribution in [0, 0.1) is 15.9 Å². The first-order chi connectivity index (χ1) is 12.6. The number of amides is 1. The summed E-state index contributed by atoms with van der Waals surface area (Å²) in [5, 5.41) is 12.6. The van der Waals surface area contributed by atoms with Crippen molar-refractivity contribution in [3.8, 4) is 0 Å². The molecule has 142 valence electrons. The lowest BCUT2D eigenvalue weighted by Crippen LogP contribution is -2.23. The van der Waals surface area contributed by atoms with Crippen molar-refractivity contribution < 1.29 is 36.8 Å². The fourth-order valence-electron chi connectivity index (χ4n) is 2.03. The van der Waals surface area contributed by atoms with Gasteiger partial charge in [0.2, 0.25) is 0 Å². The molecule has 0 bridgehead atoms. The topological polar surface area (TPSA) is 98.5 Å². The monoisotopic (exact) mass is 386 g/mol. The van der Waals surface area contributed by atoms with E-state index in [2.05, 4.69) is 4.74 Å². The van der Waals surface area contributed by atoms with Crippen molar-refractivity contribution in [1.29, 1.82) is 0 Å². The van der Waals surface area contributed by atoms with Crippen molar-refractivity contribution >= 4 is 23.3 Å². The SMILES string of the molecule is O=C(COC(=O)c1ccccc1C(F)(F)F)Nc1cc([N+](=O)[O-])ccc1F. The third-order valence-corrected chi connectivity index (χ3v) is 3.22. The van der Waals surface area contributed by atoms with Gasteiger partial charge < -0.3 is 10.1 Å². The number of hydrogen-bond acceptors (Lipinski definition) is 5. The summed E-state index contributed by atoms with van der Waals surface area (Å²) in [7, 11) is 0. The van der Waals surface area contributed by atoms with Crippen LogP contribution < -0.4 is 5.32 Å². The fraction of sp³-hybridized carbons (Fsp3) is 0.125. The van der Waals surface area contributed by atoms with Gasteiger partial charge in [0.05, 0.1) is 21.7 Å². The maximum absolute atomic E-state index is 13.6. The number of nitro groups is 1. The van der Waals surface area contributed by atoms with E-state index in [1.807, 2.05) is 5.32 Å². The fourth-order valence-corrected chi connectivity index (χ4v) is 2.03. The predicted molar refractivity (Wildman–Crippen MR) is 83.4 cm³/mol. The zero-order valence-corrected chi connectivity index (χ0v) is 13.2. The van der Waals surface area contributed by atoms with E-state index in [1.165, 1.54) is 6.07 Å². The molecule has 11 heteroatoms. The number of alkyl halides is 3. The van der Waals surface area contributed by atoms with Gasteiger partial charge in [0.1, 0.15) is 5.82 Å². The minimum atomic E-state index is -4.80. The molecule has 27 heavy (non-hydrogen) atoms. The number of nitrogens with zero attached hydrogens (tertiary/aromatic N) is 1. The molecule has 0 radical (unpaired) electrons. The molecule has 0 saturated heterocycles. The molecule has 2 aromatic carbocycles. The number of halogens is 4. The van der Waals surface area contributed by atoms with Gasteiger partial charge >= 0.3 is 12.1 Å². The average Bonchev–Trinajstić information content (AvgIpc) is 2.60. The van der Waals surface area contributed by atoms with Gasteiger partial charge in [-0.25, -0.2) is 9.18 Å². The quantitative estimate of drug-likeness (QED) is 0.367. The van der Waals surface area contributed by atoms with Crippen molar-refractivity contribution in [2.24, 2.45) is 0 Å². The molecule has 1 N–H and O–H groups in total. The summed E-state index contributed by atoms with van der Waals surface area (Å²) in [5.74, 6) is -3.48. The lowest BCUT2D eigenvalue weighted by molar-refractivity contribution is -0.384. The molecule has 0 unspecified atom stereocenters. The summed E-state index contributed by atoms with van der Waals surface area (Å²) in [4.78, 5) is 33.4.